The Morgan fingerprint density at radius 2 is 2.08 bits per heavy atom. The molecule has 1 heterocycles. The predicted molar refractivity (Wildman–Crippen MR) is 89.4 cm³/mol. The predicted octanol–water partition coefficient (Wildman–Crippen LogP) is 1.75. The van der Waals surface area contributed by atoms with Crippen LogP contribution in [0, 0.1) is 11.7 Å². The first-order valence-electron chi connectivity index (χ1n) is 8.24. The van der Waals surface area contributed by atoms with E-state index in [0.717, 1.165) is 12.8 Å². The second-order valence-corrected chi connectivity index (χ2v) is 5.81. The van der Waals surface area contributed by atoms with Gasteiger partial charge in [-0.2, -0.15) is 0 Å². The Bertz CT molecular complexity index is 638. The van der Waals surface area contributed by atoms with E-state index in [9.17, 15) is 18.8 Å². The molecule has 0 bridgehead atoms. The number of carbonyl (C=O) groups excluding carboxylic acids is 3. The van der Waals surface area contributed by atoms with Gasteiger partial charge in [0.05, 0.1) is 24.8 Å². The highest BCUT2D eigenvalue weighted by molar-refractivity contribution is 6.01. The number of hydrogen-bond acceptors (Lipinski definition) is 5. The van der Waals surface area contributed by atoms with E-state index in [1.165, 1.54) is 18.2 Å². The minimum absolute atomic E-state index is 0.00634. The number of halogens is 1. The molecule has 1 fully saturated rings. The molecule has 0 unspecified atom stereocenters. The molecule has 3 amide bonds. The number of piperidine rings is 1. The number of hydrogen-bond donors (Lipinski definition) is 2. The van der Waals surface area contributed by atoms with Gasteiger partial charge in [-0.05, 0) is 38.4 Å². The highest BCUT2D eigenvalue weighted by Gasteiger charge is 2.28. The highest BCUT2D eigenvalue weighted by Crippen LogP contribution is 2.17. The first kappa shape index (κ1) is 18.9. The summed E-state index contributed by atoms with van der Waals surface area (Å²) in [6.45, 7) is 3.15. The van der Waals surface area contributed by atoms with Gasteiger partial charge in [0.15, 0.2) is 0 Å². The van der Waals surface area contributed by atoms with Crippen LogP contribution in [0.15, 0.2) is 24.3 Å². The van der Waals surface area contributed by atoms with Crippen molar-refractivity contribution in [1.82, 2.24) is 10.2 Å². The van der Waals surface area contributed by atoms with Gasteiger partial charge in [-0.1, -0.05) is 12.1 Å². The molecular formula is C17H22FN3O4. The van der Waals surface area contributed by atoms with Crippen molar-refractivity contribution in [2.24, 2.45) is 5.92 Å². The van der Waals surface area contributed by atoms with Gasteiger partial charge >= 0.3 is 12.0 Å². The Kier molecular flexibility index (Phi) is 6.88. The lowest BCUT2D eigenvalue weighted by atomic mass is 9.98. The summed E-state index contributed by atoms with van der Waals surface area (Å²) < 4.78 is 18.5. The highest BCUT2D eigenvalue weighted by atomic mass is 19.1. The molecule has 25 heavy (non-hydrogen) atoms. The van der Waals surface area contributed by atoms with Crippen LogP contribution in [0.2, 0.25) is 0 Å². The third-order valence-corrected chi connectivity index (χ3v) is 3.87. The fourth-order valence-electron chi connectivity index (χ4n) is 2.74. The lowest BCUT2D eigenvalue weighted by Gasteiger charge is -2.30. The molecule has 1 aliphatic rings. The van der Waals surface area contributed by atoms with E-state index in [2.05, 4.69) is 10.6 Å². The van der Waals surface area contributed by atoms with Crippen molar-refractivity contribution in [1.29, 1.82) is 0 Å². The first-order valence-corrected chi connectivity index (χ1v) is 8.24. The monoisotopic (exact) mass is 351 g/mol. The van der Waals surface area contributed by atoms with Crippen LogP contribution in [0.3, 0.4) is 0 Å². The van der Waals surface area contributed by atoms with Gasteiger partial charge in [0.1, 0.15) is 5.82 Å². The minimum Gasteiger partial charge on any atom is -0.466 e. The van der Waals surface area contributed by atoms with Crippen molar-refractivity contribution in [2.75, 3.05) is 31.6 Å². The molecule has 1 aromatic rings. The molecule has 0 saturated carbocycles. The average molecular weight is 351 g/mol. The Morgan fingerprint density at radius 3 is 2.80 bits per heavy atom. The molecule has 2 rings (SSSR count). The van der Waals surface area contributed by atoms with E-state index in [1.807, 2.05) is 0 Å². The second-order valence-electron chi connectivity index (χ2n) is 5.81. The van der Waals surface area contributed by atoms with Crippen LogP contribution >= 0.6 is 0 Å². The number of urea groups is 1. The maximum Gasteiger partial charge on any atom is 0.326 e. The number of nitrogens with zero attached hydrogens (tertiary/aromatic N) is 1. The molecular weight excluding hydrogens is 329 g/mol. The Hall–Kier alpha value is -2.48. The van der Waals surface area contributed by atoms with Crippen molar-refractivity contribution < 1.29 is 23.5 Å². The fraction of sp³-hybridized carbons (Fsp3) is 0.471. The SMILES string of the molecule is CCOC(=O)[C@@H]1CCCN(CC(=O)NC(=O)Nc2ccccc2F)C1. The number of ether oxygens (including phenoxy) is 1. The smallest absolute Gasteiger partial charge is 0.326 e. The number of nitrogens with one attached hydrogen (secondary N) is 2. The van der Waals surface area contributed by atoms with Crippen LogP contribution in [0.5, 0.6) is 0 Å². The summed E-state index contributed by atoms with van der Waals surface area (Å²) in [5, 5.41) is 4.44. The molecule has 1 atom stereocenters. The second kappa shape index (κ2) is 9.12. The Balaban J connectivity index is 1.80. The van der Waals surface area contributed by atoms with Crippen LogP contribution in [-0.2, 0) is 14.3 Å². The number of carbonyl (C=O) groups is 3. The van der Waals surface area contributed by atoms with E-state index in [-0.39, 0.29) is 24.1 Å². The summed E-state index contributed by atoms with van der Waals surface area (Å²) in [6, 6.07) is 4.88. The van der Waals surface area contributed by atoms with Crippen molar-refractivity contribution in [3.05, 3.63) is 30.1 Å². The zero-order valence-corrected chi connectivity index (χ0v) is 14.1. The Labute approximate surface area is 145 Å². The zero-order valence-electron chi connectivity index (χ0n) is 14.1. The summed E-state index contributed by atoms with van der Waals surface area (Å²) in [7, 11) is 0. The number of para-hydroxylation sites is 1. The molecule has 2 N–H and O–H groups in total. The molecule has 0 radical (unpaired) electrons. The van der Waals surface area contributed by atoms with Crippen LogP contribution in [-0.4, -0.2) is 49.0 Å². The number of imide groups is 1. The van der Waals surface area contributed by atoms with E-state index >= 15 is 0 Å². The first-order chi connectivity index (χ1) is 12.0. The number of anilines is 1. The number of benzene rings is 1. The lowest BCUT2D eigenvalue weighted by molar-refractivity contribution is -0.150. The van der Waals surface area contributed by atoms with Crippen molar-refractivity contribution >= 4 is 23.6 Å². The number of amides is 3. The van der Waals surface area contributed by atoms with Crippen molar-refractivity contribution in [2.45, 2.75) is 19.8 Å². The number of likely N-dealkylation sites (tertiary alicyclic amines) is 1. The average Bonchev–Trinajstić information content (AvgIpc) is 2.57. The molecule has 8 heteroatoms. The fourth-order valence-corrected chi connectivity index (χ4v) is 2.74. The normalized spacial score (nSPS) is 17.6. The maximum absolute atomic E-state index is 13.5. The van der Waals surface area contributed by atoms with E-state index in [4.69, 9.17) is 4.74 Å². The summed E-state index contributed by atoms with van der Waals surface area (Å²) in [5.74, 6) is -1.62. The van der Waals surface area contributed by atoms with Gasteiger partial charge in [0, 0.05) is 6.54 Å². The van der Waals surface area contributed by atoms with Crippen LogP contribution in [0.25, 0.3) is 0 Å². The summed E-state index contributed by atoms with van der Waals surface area (Å²) in [4.78, 5) is 37.3. The molecule has 136 valence electrons. The molecule has 0 aliphatic carbocycles. The van der Waals surface area contributed by atoms with Crippen LogP contribution in [0.4, 0.5) is 14.9 Å². The van der Waals surface area contributed by atoms with Gasteiger partial charge in [-0.3, -0.25) is 19.8 Å². The minimum atomic E-state index is -0.797. The maximum atomic E-state index is 13.5. The van der Waals surface area contributed by atoms with Gasteiger partial charge in [-0.15, -0.1) is 0 Å². The molecule has 1 aliphatic heterocycles. The van der Waals surface area contributed by atoms with Gasteiger partial charge in [0.25, 0.3) is 0 Å². The van der Waals surface area contributed by atoms with E-state index in [0.29, 0.717) is 19.7 Å². The molecule has 1 aromatic carbocycles. The third kappa shape index (κ3) is 5.82. The van der Waals surface area contributed by atoms with E-state index < -0.39 is 17.8 Å². The number of esters is 1. The zero-order chi connectivity index (χ0) is 18.2. The molecule has 0 aromatic heterocycles. The largest absolute Gasteiger partial charge is 0.466 e. The Morgan fingerprint density at radius 1 is 1.32 bits per heavy atom. The van der Waals surface area contributed by atoms with Crippen LogP contribution < -0.4 is 10.6 Å². The molecule has 1 saturated heterocycles. The topological polar surface area (TPSA) is 87.7 Å². The van der Waals surface area contributed by atoms with Gasteiger partial charge < -0.3 is 10.1 Å². The van der Waals surface area contributed by atoms with E-state index in [1.54, 1.807) is 17.9 Å². The van der Waals surface area contributed by atoms with Crippen molar-refractivity contribution in [3.8, 4) is 0 Å². The number of rotatable bonds is 5. The summed E-state index contributed by atoms with van der Waals surface area (Å²) in [5.41, 5.74) is -0.00634. The quantitative estimate of drug-likeness (QED) is 0.789. The summed E-state index contributed by atoms with van der Waals surface area (Å²) in [6.07, 6.45) is 1.50. The van der Waals surface area contributed by atoms with Gasteiger partial charge in [-0.25, -0.2) is 9.18 Å². The third-order valence-electron chi connectivity index (χ3n) is 3.87. The van der Waals surface area contributed by atoms with Gasteiger partial charge in [0.2, 0.25) is 5.91 Å². The standard InChI is InChI=1S/C17H22FN3O4/c1-2-25-16(23)12-6-5-9-21(10-12)11-15(22)20-17(24)19-14-8-4-3-7-13(14)18/h3-4,7-8,12H,2,5-6,9-11H2,1H3,(H2,19,20,22,24)/t12-/m1/s1. The van der Waals surface area contributed by atoms with Crippen LogP contribution in [0.1, 0.15) is 19.8 Å². The molecule has 0 spiro atoms. The molecule has 7 nitrogen and oxygen atoms in total. The lowest BCUT2D eigenvalue weighted by Crippen LogP contribution is -2.46. The summed E-state index contributed by atoms with van der Waals surface area (Å²) >= 11 is 0. The van der Waals surface area contributed by atoms with Crippen molar-refractivity contribution in [3.63, 3.8) is 0 Å².